The number of nitrogens with zero attached hydrogens (tertiary/aromatic N) is 2. The Morgan fingerprint density at radius 1 is 1.08 bits per heavy atom. The van der Waals surface area contributed by atoms with Crippen LogP contribution in [0.3, 0.4) is 0 Å². The minimum Gasteiger partial charge on any atom is -0.369 e. The molecule has 25 heavy (non-hydrogen) atoms. The number of hydrogen-bond donors (Lipinski definition) is 1. The highest BCUT2D eigenvalue weighted by molar-refractivity contribution is 5.75. The van der Waals surface area contributed by atoms with E-state index in [2.05, 4.69) is 5.16 Å². The Labute approximate surface area is 147 Å². The van der Waals surface area contributed by atoms with Gasteiger partial charge in [0.2, 0.25) is 5.91 Å². The molecule has 0 radical (unpaired) electrons. The smallest absolute Gasteiger partial charge is 0.231 e. The van der Waals surface area contributed by atoms with Crippen LogP contribution in [-0.2, 0) is 17.9 Å². The number of aryl methyl sites for hydroxylation is 1. The van der Waals surface area contributed by atoms with Gasteiger partial charge in [-0.05, 0) is 12.5 Å². The van der Waals surface area contributed by atoms with E-state index >= 15 is 0 Å². The van der Waals surface area contributed by atoms with E-state index in [1.54, 1.807) is 0 Å². The maximum Gasteiger partial charge on any atom is 0.231 e. The maximum atomic E-state index is 11.4. The molecule has 5 heteroatoms. The van der Waals surface area contributed by atoms with Crippen molar-refractivity contribution in [2.24, 2.45) is 5.73 Å². The largest absolute Gasteiger partial charge is 0.369 e. The lowest BCUT2D eigenvalue weighted by atomic mass is 10.1. The summed E-state index contributed by atoms with van der Waals surface area (Å²) < 4.78 is 5.45. The van der Waals surface area contributed by atoms with Crippen LogP contribution >= 0.6 is 0 Å². The molecule has 0 unspecified atom stereocenters. The van der Waals surface area contributed by atoms with E-state index in [4.69, 9.17) is 10.3 Å². The van der Waals surface area contributed by atoms with Crippen LogP contribution in [0.5, 0.6) is 0 Å². The standard InChI is InChI=1S/C20H21N3O2/c1-15-7-9-17(10-8-15)19-11-18(22-25-19)13-23(14-20(21)24)12-16-5-3-2-4-6-16/h2-11H,12-14H2,1H3,(H2,21,24). The highest BCUT2D eigenvalue weighted by atomic mass is 16.5. The second-order valence-corrected chi connectivity index (χ2v) is 6.15. The summed E-state index contributed by atoms with van der Waals surface area (Å²) >= 11 is 0. The van der Waals surface area contributed by atoms with Gasteiger partial charge in [0.1, 0.15) is 0 Å². The van der Waals surface area contributed by atoms with Crippen LogP contribution in [0.1, 0.15) is 16.8 Å². The van der Waals surface area contributed by atoms with Crippen LogP contribution < -0.4 is 5.73 Å². The highest BCUT2D eigenvalue weighted by Gasteiger charge is 2.14. The summed E-state index contributed by atoms with van der Waals surface area (Å²) in [6.07, 6.45) is 0. The lowest BCUT2D eigenvalue weighted by molar-refractivity contribution is -0.119. The first-order valence-corrected chi connectivity index (χ1v) is 8.17. The summed E-state index contributed by atoms with van der Waals surface area (Å²) in [6, 6.07) is 19.9. The SMILES string of the molecule is Cc1ccc(-c2cc(CN(CC(N)=O)Cc3ccccc3)no2)cc1. The fraction of sp³-hybridized carbons (Fsp3) is 0.200. The summed E-state index contributed by atoms with van der Waals surface area (Å²) in [5.74, 6) is 0.354. The molecule has 0 spiro atoms. The predicted molar refractivity (Wildman–Crippen MR) is 96.4 cm³/mol. The van der Waals surface area contributed by atoms with Gasteiger partial charge in [0.15, 0.2) is 5.76 Å². The van der Waals surface area contributed by atoms with Crippen molar-refractivity contribution in [2.45, 2.75) is 20.0 Å². The van der Waals surface area contributed by atoms with Crippen LogP contribution in [0.25, 0.3) is 11.3 Å². The van der Waals surface area contributed by atoms with Gasteiger partial charge >= 0.3 is 0 Å². The molecule has 2 aromatic carbocycles. The summed E-state index contributed by atoms with van der Waals surface area (Å²) in [5, 5.41) is 4.13. The summed E-state index contributed by atoms with van der Waals surface area (Å²) in [7, 11) is 0. The Bertz CT molecular complexity index is 826. The van der Waals surface area contributed by atoms with Crippen molar-refractivity contribution >= 4 is 5.91 Å². The summed E-state index contributed by atoms with van der Waals surface area (Å²) in [5.41, 5.74) is 9.45. The number of aromatic nitrogens is 1. The van der Waals surface area contributed by atoms with E-state index in [1.165, 1.54) is 5.56 Å². The lowest BCUT2D eigenvalue weighted by Crippen LogP contribution is -2.33. The minimum absolute atomic E-state index is 0.168. The fourth-order valence-corrected chi connectivity index (χ4v) is 2.70. The average molecular weight is 335 g/mol. The zero-order valence-electron chi connectivity index (χ0n) is 14.2. The number of carbonyl (C=O) groups is 1. The normalized spacial score (nSPS) is 11.0. The Kier molecular flexibility index (Phi) is 5.26. The Hall–Kier alpha value is -2.92. The van der Waals surface area contributed by atoms with Crippen LogP contribution in [0.15, 0.2) is 65.2 Å². The number of nitrogens with two attached hydrogens (primary N) is 1. The van der Waals surface area contributed by atoms with E-state index < -0.39 is 0 Å². The van der Waals surface area contributed by atoms with Crippen LogP contribution in [-0.4, -0.2) is 22.5 Å². The molecular weight excluding hydrogens is 314 g/mol. The van der Waals surface area contributed by atoms with Crippen molar-refractivity contribution in [3.8, 4) is 11.3 Å². The van der Waals surface area contributed by atoms with Gasteiger partial charge in [-0.1, -0.05) is 65.3 Å². The third-order valence-corrected chi connectivity index (χ3v) is 3.91. The van der Waals surface area contributed by atoms with Gasteiger partial charge in [0.05, 0.1) is 12.2 Å². The van der Waals surface area contributed by atoms with Crippen molar-refractivity contribution < 1.29 is 9.32 Å². The van der Waals surface area contributed by atoms with Crippen molar-refractivity contribution in [2.75, 3.05) is 6.54 Å². The molecule has 2 N–H and O–H groups in total. The van der Waals surface area contributed by atoms with Gasteiger partial charge in [-0.2, -0.15) is 0 Å². The molecule has 0 saturated carbocycles. The molecule has 1 aromatic heterocycles. The zero-order chi connectivity index (χ0) is 17.6. The number of benzene rings is 2. The van der Waals surface area contributed by atoms with Gasteiger partial charge in [-0.15, -0.1) is 0 Å². The molecule has 0 aliphatic heterocycles. The number of rotatable bonds is 7. The molecule has 1 heterocycles. The molecule has 0 saturated heterocycles. The zero-order valence-corrected chi connectivity index (χ0v) is 14.2. The molecule has 0 aliphatic carbocycles. The molecule has 0 bridgehead atoms. The van der Waals surface area contributed by atoms with Gasteiger partial charge in [-0.3, -0.25) is 9.69 Å². The number of amides is 1. The molecule has 5 nitrogen and oxygen atoms in total. The highest BCUT2D eigenvalue weighted by Crippen LogP contribution is 2.21. The van der Waals surface area contributed by atoms with Crippen molar-refractivity contribution in [1.29, 1.82) is 0 Å². The summed E-state index contributed by atoms with van der Waals surface area (Å²) in [4.78, 5) is 13.3. The first-order valence-electron chi connectivity index (χ1n) is 8.17. The first kappa shape index (κ1) is 16.9. The molecular formula is C20H21N3O2. The van der Waals surface area contributed by atoms with E-state index in [0.717, 1.165) is 16.8 Å². The molecule has 3 rings (SSSR count). The average Bonchev–Trinajstić information content (AvgIpc) is 3.04. The maximum absolute atomic E-state index is 11.4. The van der Waals surface area contributed by atoms with Crippen molar-refractivity contribution in [3.05, 3.63) is 77.5 Å². The Morgan fingerprint density at radius 3 is 2.48 bits per heavy atom. The number of primary amides is 1. The Balaban J connectivity index is 1.73. The fourth-order valence-electron chi connectivity index (χ4n) is 2.70. The topological polar surface area (TPSA) is 72.4 Å². The third-order valence-electron chi connectivity index (χ3n) is 3.91. The van der Waals surface area contributed by atoms with Crippen molar-refractivity contribution in [1.82, 2.24) is 10.1 Å². The number of hydrogen-bond acceptors (Lipinski definition) is 4. The minimum atomic E-state index is -0.363. The second kappa shape index (κ2) is 7.77. The van der Waals surface area contributed by atoms with Crippen LogP contribution in [0, 0.1) is 6.92 Å². The lowest BCUT2D eigenvalue weighted by Gasteiger charge is -2.19. The van der Waals surface area contributed by atoms with Crippen molar-refractivity contribution in [3.63, 3.8) is 0 Å². The van der Waals surface area contributed by atoms with E-state index in [0.29, 0.717) is 18.8 Å². The van der Waals surface area contributed by atoms with Gasteiger partial charge in [-0.25, -0.2) is 0 Å². The number of carbonyl (C=O) groups excluding carboxylic acids is 1. The van der Waals surface area contributed by atoms with E-state index in [1.807, 2.05) is 72.5 Å². The van der Waals surface area contributed by atoms with Crippen LogP contribution in [0.4, 0.5) is 0 Å². The van der Waals surface area contributed by atoms with Crippen LogP contribution in [0.2, 0.25) is 0 Å². The van der Waals surface area contributed by atoms with E-state index in [-0.39, 0.29) is 12.5 Å². The molecule has 1 amide bonds. The molecule has 0 atom stereocenters. The van der Waals surface area contributed by atoms with Gasteiger partial charge in [0, 0.05) is 24.7 Å². The summed E-state index contributed by atoms with van der Waals surface area (Å²) in [6.45, 7) is 3.33. The van der Waals surface area contributed by atoms with Gasteiger partial charge in [0.25, 0.3) is 0 Å². The monoisotopic (exact) mass is 335 g/mol. The molecule has 128 valence electrons. The molecule has 0 aliphatic rings. The molecule has 3 aromatic rings. The quantitative estimate of drug-likeness (QED) is 0.720. The second-order valence-electron chi connectivity index (χ2n) is 6.15. The third kappa shape index (κ3) is 4.78. The van der Waals surface area contributed by atoms with Gasteiger partial charge < -0.3 is 10.3 Å². The van der Waals surface area contributed by atoms with E-state index in [9.17, 15) is 4.79 Å². The first-order chi connectivity index (χ1) is 12.1. The Morgan fingerprint density at radius 2 is 1.80 bits per heavy atom. The molecule has 0 fully saturated rings. The predicted octanol–water partition coefficient (Wildman–Crippen LogP) is 3.14.